The lowest BCUT2D eigenvalue weighted by Gasteiger charge is -2.37. The van der Waals surface area contributed by atoms with Gasteiger partial charge >= 0.3 is 0 Å². The molecule has 2 aliphatic carbocycles. The molecule has 0 saturated heterocycles. The van der Waals surface area contributed by atoms with Crippen LogP contribution in [0.25, 0.3) is 0 Å². The molecule has 0 aliphatic heterocycles. The first-order valence-corrected chi connectivity index (χ1v) is 6.29. The van der Waals surface area contributed by atoms with E-state index in [4.69, 9.17) is 0 Å². The molecule has 74 valence electrons. The van der Waals surface area contributed by atoms with Crippen molar-refractivity contribution < 1.29 is 0 Å². The van der Waals surface area contributed by atoms with Crippen molar-refractivity contribution >= 4 is 12.6 Å². The summed E-state index contributed by atoms with van der Waals surface area (Å²) in [4.78, 5) is 0. The Labute approximate surface area is 87.2 Å². The molecule has 0 bridgehead atoms. The SMILES string of the molecule is SCCC1CCC2CC=CCC2C1. The molecule has 0 nitrogen and oxygen atoms in total. The maximum Gasteiger partial charge on any atom is -0.00953 e. The standard InChI is InChI=1S/C12H20S/c13-8-7-10-5-6-11-3-1-2-4-12(11)9-10/h1-2,10-13H,3-9H2. The Kier molecular flexibility index (Phi) is 3.37. The largest absolute Gasteiger partial charge is 0.179 e. The third-order valence-electron chi connectivity index (χ3n) is 3.83. The van der Waals surface area contributed by atoms with Gasteiger partial charge in [0.05, 0.1) is 0 Å². The number of thiol groups is 1. The van der Waals surface area contributed by atoms with E-state index in [0.717, 1.165) is 23.5 Å². The molecule has 1 fully saturated rings. The van der Waals surface area contributed by atoms with Gasteiger partial charge in [0.25, 0.3) is 0 Å². The van der Waals surface area contributed by atoms with E-state index in [9.17, 15) is 0 Å². The molecule has 0 radical (unpaired) electrons. The molecular formula is C12H20S. The summed E-state index contributed by atoms with van der Waals surface area (Å²) in [5, 5.41) is 0. The van der Waals surface area contributed by atoms with Crippen molar-refractivity contribution in [1.82, 2.24) is 0 Å². The number of hydrogen-bond acceptors (Lipinski definition) is 1. The summed E-state index contributed by atoms with van der Waals surface area (Å²) < 4.78 is 0. The summed E-state index contributed by atoms with van der Waals surface area (Å²) >= 11 is 4.34. The van der Waals surface area contributed by atoms with Crippen LogP contribution in [-0.4, -0.2) is 5.75 Å². The molecule has 1 heteroatoms. The minimum atomic E-state index is 0.991. The summed E-state index contributed by atoms with van der Waals surface area (Å²) in [5.41, 5.74) is 0. The predicted molar refractivity (Wildman–Crippen MR) is 61.2 cm³/mol. The van der Waals surface area contributed by atoms with Crippen molar-refractivity contribution in [3.63, 3.8) is 0 Å². The first-order chi connectivity index (χ1) is 6.40. The Morgan fingerprint density at radius 2 is 1.85 bits per heavy atom. The molecule has 0 aromatic rings. The van der Waals surface area contributed by atoms with Crippen LogP contribution in [0, 0.1) is 17.8 Å². The van der Waals surface area contributed by atoms with Gasteiger partial charge in [0.15, 0.2) is 0 Å². The summed E-state index contributed by atoms with van der Waals surface area (Å²) in [6.45, 7) is 0. The Bertz CT molecular complexity index is 186. The van der Waals surface area contributed by atoms with Crippen LogP contribution in [0.1, 0.15) is 38.5 Å². The number of rotatable bonds is 2. The van der Waals surface area contributed by atoms with E-state index in [2.05, 4.69) is 24.8 Å². The molecule has 2 aliphatic rings. The second-order valence-corrected chi connectivity index (χ2v) is 5.10. The van der Waals surface area contributed by atoms with E-state index in [-0.39, 0.29) is 0 Å². The van der Waals surface area contributed by atoms with Gasteiger partial charge in [-0.2, -0.15) is 12.6 Å². The molecule has 0 N–H and O–H groups in total. The lowest BCUT2D eigenvalue weighted by molar-refractivity contribution is 0.173. The zero-order valence-electron chi connectivity index (χ0n) is 8.28. The van der Waals surface area contributed by atoms with Gasteiger partial charge < -0.3 is 0 Å². The minimum Gasteiger partial charge on any atom is -0.179 e. The minimum absolute atomic E-state index is 0.991. The molecule has 1 saturated carbocycles. The van der Waals surface area contributed by atoms with Gasteiger partial charge in [-0.1, -0.05) is 18.6 Å². The van der Waals surface area contributed by atoms with Crippen LogP contribution in [0.5, 0.6) is 0 Å². The number of allylic oxidation sites excluding steroid dienone is 2. The smallest absolute Gasteiger partial charge is 0.00953 e. The maximum atomic E-state index is 4.34. The van der Waals surface area contributed by atoms with E-state index in [1.165, 1.54) is 38.5 Å². The molecular weight excluding hydrogens is 176 g/mol. The third kappa shape index (κ3) is 2.31. The van der Waals surface area contributed by atoms with Crippen LogP contribution in [-0.2, 0) is 0 Å². The lowest BCUT2D eigenvalue weighted by atomic mass is 9.69. The third-order valence-corrected chi connectivity index (χ3v) is 4.09. The summed E-state index contributed by atoms with van der Waals surface area (Å²) in [7, 11) is 0. The number of hydrogen-bond donors (Lipinski definition) is 1. The van der Waals surface area contributed by atoms with Crippen LogP contribution in [0.4, 0.5) is 0 Å². The molecule has 3 unspecified atom stereocenters. The van der Waals surface area contributed by atoms with E-state index in [1.54, 1.807) is 0 Å². The highest BCUT2D eigenvalue weighted by atomic mass is 32.1. The van der Waals surface area contributed by atoms with Crippen LogP contribution in [0.3, 0.4) is 0 Å². The van der Waals surface area contributed by atoms with Crippen molar-refractivity contribution in [3.8, 4) is 0 Å². The van der Waals surface area contributed by atoms with E-state index >= 15 is 0 Å². The average molecular weight is 196 g/mol. The van der Waals surface area contributed by atoms with Crippen molar-refractivity contribution in [2.75, 3.05) is 5.75 Å². The normalized spacial score (nSPS) is 38.7. The zero-order chi connectivity index (χ0) is 9.10. The van der Waals surface area contributed by atoms with Crippen LogP contribution in [0.15, 0.2) is 12.2 Å². The summed E-state index contributed by atoms with van der Waals surface area (Å²) in [6.07, 6.45) is 13.3. The van der Waals surface area contributed by atoms with Gasteiger partial charge in [-0.3, -0.25) is 0 Å². The molecule has 2 rings (SSSR count). The topological polar surface area (TPSA) is 0 Å². The molecule has 0 spiro atoms. The van der Waals surface area contributed by atoms with Crippen LogP contribution >= 0.6 is 12.6 Å². The Hall–Kier alpha value is 0.0900. The molecule has 0 aromatic heterocycles. The molecule has 13 heavy (non-hydrogen) atoms. The van der Waals surface area contributed by atoms with E-state index < -0.39 is 0 Å². The lowest BCUT2D eigenvalue weighted by Crippen LogP contribution is -2.26. The van der Waals surface area contributed by atoms with Crippen molar-refractivity contribution in [2.45, 2.75) is 38.5 Å². The van der Waals surface area contributed by atoms with Crippen molar-refractivity contribution in [2.24, 2.45) is 17.8 Å². The average Bonchev–Trinajstić information content (AvgIpc) is 2.18. The monoisotopic (exact) mass is 196 g/mol. The summed E-state index contributed by atoms with van der Waals surface area (Å²) in [5.74, 6) is 4.12. The van der Waals surface area contributed by atoms with Crippen molar-refractivity contribution in [3.05, 3.63) is 12.2 Å². The van der Waals surface area contributed by atoms with Gasteiger partial charge in [0.1, 0.15) is 0 Å². The highest BCUT2D eigenvalue weighted by Gasteiger charge is 2.29. The van der Waals surface area contributed by atoms with Gasteiger partial charge in [-0.05, 0) is 55.6 Å². The Morgan fingerprint density at radius 1 is 1.08 bits per heavy atom. The first-order valence-electron chi connectivity index (χ1n) is 5.66. The van der Waals surface area contributed by atoms with Gasteiger partial charge in [-0.25, -0.2) is 0 Å². The number of fused-ring (bicyclic) bond motifs is 1. The zero-order valence-corrected chi connectivity index (χ0v) is 9.18. The molecule has 0 aromatic carbocycles. The van der Waals surface area contributed by atoms with Gasteiger partial charge in [-0.15, -0.1) is 0 Å². The van der Waals surface area contributed by atoms with Gasteiger partial charge in [0.2, 0.25) is 0 Å². The first kappa shape index (κ1) is 9.64. The Balaban J connectivity index is 1.88. The maximum absolute atomic E-state index is 4.34. The van der Waals surface area contributed by atoms with Gasteiger partial charge in [0, 0.05) is 0 Å². The summed E-state index contributed by atoms with van der Waals surface area (Å²) in [6, 6.07) is 0. The molecule has 0 heterocycles. The Morgan fingerprint density at radius 3 is 2.62 bits per heavy atom. The van der Waals surface area contributed by atoms with E-state index in [0.29, 0.717) is 0 Å². The van der Waals surface area contributed by atoms with E-state index in [1.807, 2.05) is 0 Å². The fourth-order valence-corrected chi connectivity index (χ4v) is 3.37. The van der Waals surface area contributed by atoms with Crippen molar-refractivity contribution in [1.29, 1.82) is 0 Å². The second-order valence-electron chi connectivity index (χ2n) is 4.65. The second kappa shape index (κ2) is 4.54. The molecule has 0 amide bonds. The highest BCUT2D eigenvalue weighted by Crippen LogP contribution is 2.41. The highest BCUT2D eigenvalue weighted by molar-refractivity contribution is 7.80. The fraction of sp³-hybridized carbons (Fsp3) is 0.833. The van der Waals surface area contributed by atoms with Crippen LogP contribution < -0.4 is 0 Å². The fourth-order valence-electron chi connectivity index (χ4n) is 3.01. The quantitative estimate of drug-likeness (QED) is 0.505. The van der Waals surface area contributed by atoms with Crippen LogP contribution in [0.2, 0.25) is 0 Å². The predicted octanol–water partition coefficient (Wildman–Crippen LogP) is 3.69. The molecule has 3 atom stereocenters.